The lowest BCUT2D eigenvalue weighted by Gasteiger charge is -2.48. The van der Waals surface area contributed by atoms with Gasteiger partial charge in [0.25, 0.3) is 0 Å². The average Bonchev–Trinajstić information content (AvgIpc) is 2.04. The van der Waals surface area contributed by atoms with E-state index in [9.17, 15) is 0 Å². The van der Waals surface area contributed by atoms with Crippen LogP contribution in [0.25, 0.3) is 0 Å². The van der Waals surface area contributed by atoms with E-state index in [-0.39, 0.29) is 0 Å². The molecule has 0 bridgehead atoms. The van der Waals surface area contributed by atoms with Gasteiger partial charge in [-0.3, -0.25) is 0 Å². The van der Waals surface area contributed by atoms with Gasteiger partial charge in [-0.15, -0.1) is 0 Å². The van der Waals surface area contributed by atoms with Crippen molar-refractivity contribution in [2.45, 2.75) is 95.9 Å². The van der Waals surface area contributed by atoms with Crippen LogP contribution < -0.4 is 0 Å². The summed E-state index contributed by atoms with van der Waals surface area (Å²) >= 11 is 0. The Bertz CT molecular complexity index is 250. The second kappa shape index (κ2) is 6.01. The van der Waals surface area contributed by atoms with Gasteiger partial charge in [0.15, 0.2) is 0 Å². The maximum Gasteiger partial charge on any atom is -0.0327 e. The topological polar surface area (TPSA) is 0 Å². The summed E-state index contributed by atoms with van der Waals surface area (Å²) < 4.78 is 0. The Morgan fingerprint density at radius 2 is 0.650 bits per heavy atom. The molecule has 20 heavy (non-hydrogen) atoms. The van der Waals surface area contributed by atoms with Gasteiger partial charge in [-0.1, -0.05) is 83.1 Å². The lowest BCUT2D eigenvalue weighted by Crippen LogP contribution is -2.40. The van der Waals surface area contributed by atoms with Crippen LogP contribution in [0.15, 0.2) is 0 Å². The highest BCUT2D eigenvalue weighted by atomic mass is 14.5. The molecule has 0 rings (SSSR count). The van der Waals surface area contributed by atoms with Gasteiger partial charge in [0.2, 0.25) is 0 Å². The second-order valence-electron chi connectivity index (χ2n) is 11.5. The fourth-order valence-corrected chi connectivity index (χ4v) is 3.42. The van der Waals surface area contributed by atoms with Crippen LogP contribution in [0.4, 0.5) is 0 Å². The molecule has 2 unspecified atom stereocenters. The van der Waals surface area contributed by atoms with Crippen molar-refractivity contribution in [2.24, 2.45) is 33.5 Å². The number of hydrogen-bond acceptors (Lipinski definition) is 0. The van der Waals surface area contributed by atoms with E-state index in [1.54, 1.807) is 0 Å². The van der Waals surface area contributed by atoms with Gasteiger partial charge in [-0.05, 0) is 46.3 Å². The summed E-state index contributed by atoms with van der Waals surface area (Å²) in [6.45, 7) is 29.0. The van der Waals surface area contributed by atoms with E-state index in [1.165, 1.54) is 12.8 Å². The van der Waals surface area contributed by atoms with E-state index >= 15 is 0 Å². The molecule has 0 aliphatic heterocycles. The summed E-state index contributed by atoms with van der Waals surface area (Å²) in [5.41, 5.74) is 1.55. The smallest absolute Gasteiger partial charge is 0.0327 e. The van der Waals surface area contributed by atoms with E-state index in [1.807, 2.05) is 0 Å². The molecule has 0 aromatic heterocycles. The molecule has 0 aliphatic rings. The minimum Gasteiger partial charge on any atom is -0.0602 e. The van der Waals surface area contributed by atoms with Crippen molar-refractivity contribution in [3.63, 3.8) is 0 Å². The Balaban J connectivity index is 5.54. The summed E-state index contributed by atoms with van der Waals surface area (Å²) in [7, 11) is 0. The predicted molar refractivity (Wildman–Crippen MR) is 94.0 cm³/mol. The van der Waals surface area contributed by atoms with Crippen molar-refractivity contribution in [3.8, 4) is 0 Å². The largest absolute Gasteiger partial charge is 0.0602 e. The van der Waals surface area contributed by atoms with Crippen LogP contribution in [0, 0.1) is 33.5 Å². The Hall–Kier alpha value is 0. The van der Waals surface area contributed by atoms with Crippen LogP contribution in [0.3, 0.4) is 0 Å². The second-order valence-corrected chi connectivity index (χ2v) is 11.5. The molecule has 2 atom stereocenters. The molecule has 0 N–H and O–H groups in total. The van der Waals surface area contributed by atoms with Crippen LogP contribution in [0.1, 0.15) is 95.9 Å². The molecule has 122 valence electrons. The van der Waals surface area contributed by atoms with Crippen LogP contribution in [-0.4, -0.2) is 0 Å². The highest BCUT2D eigenvalue weighted by Gasteiger charge is 2.41. The Morgan fingerprint density at radius 1 is 0.450 bits per heavy atom. The van der Waals surface area contributed by atoms with Gasteiger partial charge >= 0.3 is 0 Å². The highest BCUT2D eigenvalue weighted by Crippen LogP contribution is 2.50. The molecular weight excluding hydrogens is 240 g/mol. The standard InChI is InChI=1S/C20H42/c1-17(2,3)13-15(19(7,8)9)16(20(10,11)12)14-18(4,5)6/h15-16H,13-14H2,1-12H3. The molecule has 0 saturated heterocycles. The van der Waals surface area contributed by atoms with Gasteiger partial charge < -0.3 is 0 Å². The van der Waals surface area contributed by atoms with Crippen molar-refractivity contribution >= 4 is 0 Å². The molecule has 0 nitrogen and oxygen atoms in total. The van der Waals surface area contributed by atoms with Crippen LogP contribution in [0.2, 0.25) is 0 Å². The zero-order chi connectivity index (χ0) is 16.6. The van der Waals surface area contributed by atoms with Gasteiger partial charge in [-0.2, -0.15) is 0 Å². The lowest BCUT2D eigenvalue weighted by molar-refractivity contribution is 0.0134. The molecule has 0 saturated carbocycles. The Morgan fingerprint density at radius 3 is 0.750 bits per heavy atom. The summed E-state index contributed by atoms with van der Waals surface area (Å²) in [4.78, 5) is 0. The lowest BCUT2D eigenvalue weighted by atomic mass is 9.57. The first-order valence-corrected chi connectivity index (χ1v) is 8.43. The summed E-state index contributed by atoms with van der Waals surface area (Å²) in [6.07, 6.45) is 2.63. The minimum atomic E-state index is 0.372. The van der Waals surface area contributed by atoms with Crippen LogP contribution in [-0.2, 0) is 0 Å². The zero-order valence-electron chi connectivity index (χ0n) is 16.6. The van der Waals surface area contributed by atoms with E-state index in [4.69, 9.17) is 0 Å². The highest BCUT2D eigenvalue weighted by molar-refractivity contribution is 4.91. The van der Waals surface area contributed by atoms with E-state index in [0.717, 1.165) is 11.8 Å². The van der Waals surface area contributed by atoms with Crippen molar-refractivity contribution < 1.29 is 0 Å². The fraction of sp³-hybridized carbons (Fsp3) is 1.00. The SMILES string of the molecule is CC(C)(C)CC(C(CC(C)(C)C)C(C)(C)C)C(C)(C)C. The molecule has 0 heterocycles. The van der Waals surface area contributed by atoms with Gasteiger partial charge in [0.05, 0.1) is 0 Å². The summed E-state index contributed by atoms with van der Waals surface area (Å²) in [5, 5.41) is 0. The predicted octanol–water partition coefficient (Wildman–Crippen LogP) is 7.18. The molecule has 0 aromatic rings. The first-order valence-electron chi connectivity index (χ1n) is 8.43. The molecular formula is C20H42. The monoisotopic (exact) mass is 282 g/mol. The third-order valence-electron chi connectivity index (χ3n) is 4.38. The Labute approximate surface area is 130 Å². The molecule has 0 spiro atoms. The maximum absolute atomic E-state index is 2.44. The molecule has 0 amide bonds. The average molecular weight is 283 g/mol. The first kappa shape index (κ1) is 20.0. The minimum absolute atomic E-state index is 0.372. The molecule has 0 fully saturated rings. The quantitative estimate of drug-likeness (QED) is 0.514. The van der Waals surface area contributed by atoms with E-state index < -0.39 is 0 Å². The third kappa shape index (κ3) is 7.70. The maximum atomic E-state index is 2.44. The zero-order valence-corrected chi connectivity index (χ0v) is 16.6. The van der Waals surface area contributed by atoms with Gasteiger partial charge in [0.1, 0.15) is 0 Å². The van der Waals surface area contributed by atoms with Crippen molar-refractivity contribution in [2.75, 3.05) is 0 Å². The van der Waals surface area contributed by atoms with Crippen LogP contribution >= 0.6 is 0 Å². The van der Waals surface area contributed by atoms with Crippen molar-refractivity contribution in [1.82, 2.24) is 0 Å². The molecule has 0 aliphatic carbocycles. The first-order chi connectivity index (χ1) is 8.43. The Kier molecular flexibility index (Phi) is 6.01. The molecule has 0 aromatic carbocycles. The van der Waals surface area contributed by atoms with Crippen molar-refractivity contribution in [3.05, 3.63) is 0 Å². The van der Waals surface area contributed by atoms with E-state index in [0.29, 0.717) is 21.7 Å². The normalized spacial score (nSPS) is 18.0. The van der Waals surface area contributed by atoms with Crippen molar-refractivity contribution in [1.29, 1.82) is 0 Å². The van der Waals surface area contributed by atoms with Gasteiger partial charge in [0, 0.05) is 0 Å². The summed E-state index contributed by atoms with van der Waals surface area (Å²) in [6, 6.07) is 0. The number of hydrogen-bond donors (Lipinski definition) is 0. The number of rotatable bonds is 3. The third-order valence-corrected chi connectivity index (χ3v) is 4.38. The van der Waals surface area contributed by atoms with Gasteiger partial charge in [-0.25, -0.2) is 0 Å². The fourth-order valence-electron chi connectivity index (χ4n) is 3.42. The van der Waals surface area contributed by atoms with E-state index in [2.05, 4.69) is 83.1 Å². The van der Waals surface area contributed by atoms with Crippen LogP contribution in [0.5, 0.6) is 0 Å². The molecule has 0 heteroatoms. The molecule has 0 radical (unpaired) electrons. The summed E-state index contributed by atoms with van der Waals surface area (Å²) in [5.74, 6) is 1.53.